The number of benzene rings is 2. The number of rotatable bonds is 6. The van der Waals surface area contributed by atoms with E-state index >= 15 is 0 Å². The number of esters is 1. The van der Waals surface area contributed by atoms with Gasteiger partial charge in [0.15, 0.2) is 0 Å². The first-order valence-corrected chi connectivity index (χ1v) is 11.6. The van der Waals surface area contributed by atoms with Crippen molar-refractivity contribution in [2.45, 2.75) is 27.7 Å². The SMILES string of the molecule is CCOC(=O)c1c(NC(=O)c2ccc(Cl)c(Cl)c2)sc(C(=O)Nc2ccc(C)cc2C)c1C. The lowest BCUT2D eigenvalue weighted by molar-refractivity contribution is 0.0527. The average Bonchev–Trinajstić information content (AvgIpc) is 3.08. The quantitative estimate of drug-likeness (QED) is 0.367. The Kier molecular flexibility index (Phi) is 7.79. The summed E-state index contributed by atoms with van der Waals surface area (Å²) in [5, 5.41) is 6.35. The number of hydrogen-bond donors (Lipinski definition) is 2. The number of anilines is 2. The molecule has 0 radical (unpaired) electrons. The Hall–Kier alpha value is -2.87. The van der Waals surface area contributed by atoms with E-state index in [0.29, 0.717) is 21.2 Å². The van der Waals surface area contributed by atoms with Gasteiger partial charge >= 0.3 is 5.97 Å². The minimum Gasteiger partial charge on any atom is -0.462 e. The number of carbonyl (C=O) groups excluding carboxylic acids is 3. The van der Waals surface area contributed by atoms with Crippen molar-refractivity contribution in [3.05, 3.63) is 79.1 Å². The van der Waals surface area contributed by atoms with E-state index < -0.39 is 11.9 Å². The largest absolute Gasteiger partial charge is 0.462 e. The molecule has 0 aliphatic rings. The summed E-state index contributed by atoms with van der Waals surface area (Å²) < 4.78 is 5.16. The number of nitrogens with one attached hydrogen (secondary N) is 2. The maximum Gasteiger partial charge on any atom is 0.341 e. The predicted molar refractivity (Wildman–Crippen MR) is 133 cm³/mol. The molecule has 33 heavy (non-hydrogen) atoms. The van der Waals surface area contributed by atoms with Gasteiger partial charge in [-0.15, -0.1) is 11.3 Å². The summed E-state index contributed by atoms with van der Waals surface area (Å²) in [6.07, 6.45) is 0. The Bertz CT molecular complexity index is 1250. The molecule has 0 aliphatic heterocycles. The average molecular weight is 505 g/mol. The van der Waals surface area contributed by atoms with Crippen LogP contribution < -0.4 is 10.6 Å². The molecule has 2 aromatic carbocycles. The minimum absolute atomic E-state index is 0.140. The molecule has 0 saturated heterocycles. The molecule has 2 N–H and O–H groups in total. The molecule has 0 aliphatic carbocycles. The van der Waals surface area contributed by atoms with Crippen molar-refractivity contribution in [3.63, 3.8) is 0 Å². The van der Waals surface area contributed by atoms with E-state index in [1.807, 2.05) is 32.0 Å². The standard InChI is InChI=1S/C24H22Cl2N2O4S/c1-5-32-24(31)19-14(4)20(22(30)27-18-9-6-12(2)10-13(18)3)33-23(19)28-21(29)15-7-8-16(25)17(26)11-15/h6-11H,5H2,1-4H3,(H,27,30)(H,28,29). The molecule has 0 atom stereocenters. The highest BCUT2D eigenvalue weighted by Crippen LogP contribution is 2.35. The Morgan fingerprint density at radius 3 is 2.30 bits per heavy atom. The molecule has 0 fully saturated rings. The van der Waals surface area contributed by atoms with Crippen LogP contribution in [0.5, 0.6) is 0 Å². The van der Waals surface area contributed by atoms with E-state index in [4.69, 9.17) is 27.9 Å². The summed E-state index contributed by atoms with van der Waals surface area (Å²) >= 11 is 12.9. The maximum atomic E-state index is 13.1. The minimum atomic E-state index is -0.624. The third kappa shape index (κ3) is 5.55. The van der Waals surface area contributed by atoms with Crippen LogP contribution in [0.4, 0.5) is 10.7 Å². The van der Waals surface area contributed by atoms with E-state index in [2.05, 4.69) is 10.6 Å². The summed E-state index contributed by atoms with van der Waals surface area (Å²) in [6, 6.07) is 10.1. The molecule has 1 aromatic heterocycles. The van der Waals surface area contributed by atoms with Gasteiger partial charge in [0.1, 0.15) is 5.00 Å². The van der Waals surface area contributed by atoms with Gasteiger partial charge < -0.3 is 15.4 Å². The lowest BCUT2D eigenvalue weighted by Gasteiger charge is -2.09. The number of amides is 2. The predicted octanol–water partition coefficient (Wildman–Crippen LogP) is 6.66. The van der Waals surface area contributed by atoms with Gasteiger partial charge in [0, 0.05) is 11.3 Å². The molecule has 0 saturated carbocycles. The fraction of sp³-hybridized carbons (Fsp3) is 0.208. The van der Waals surface area contributed by atoms with Crippen molar-refractivity contribution in [2.24, 2.45) is 0 Å². The normalized spacial score (nSPS) is 10.6. The Balaban J connectivity index is 1.96. The number of aryl methyl sites for hydroxylation is 2. The van der Waals surface area contributed by atoms with Crippen LogP contribution in [0.3, 0.4) is 0 Å². The van der Waals surface area contributed by atoms with E-state index in [-0.39, 0.29) is 33.7 Å². The number of carbonyl (C=O) groups is 3. The number of ether oxygens (including phenoxy) is 1. The van der Waals surface area contributed by atoms with Crippen LogP contribution in [-0.2, 0) is 4.74 Å². The monoisotopic (exact) mass is 504 g/mol. The van der Waals surface area contributed by atoms with E-state index in [1.165, 1.54) is 18.2 Å². The van der Waals surface area contributed by atoms with Crippen molar-refractivity contribution in [2.75, 3.05) is 17.2 Å². The summed E-state index contributed by atoms with van der Waals surface area (Å²) in [5.74, 6) is -1.51. The smallest absolute Gasteiger partial charge is 0.341 e. The molecule has 9 heteroatoms. The highest BCUT2D eigenvalue weighted by atomic mass is 35.5. The second-order valence-corrected chi connectivity index (χ2v) is 9.17. The molecule has 6 nitrogen and oxygen atoms in total. The molecule has 2 amide bonds. The van der Waals surface area contributed by atoms with Crippen molar-refractivity contribution in [1.82, 2.24) is 0 Å². The Morgan fingerprint density at radius 2 is 1.67 bits per heavy atom. The fourth-order valence-electron chi connectivity index (χ4n) is 3.21. The molecule has 0 spiro atoms. The first-order chi connectivity index (χ1) is 15.6. The van der Waals surface area contributed by atoms with Crippen LogP contribution in [0.15, 0.2) is 36.4 Å². The summed E-state index contributed by atoms with van der Waals surface area (Å²) in [4.78, 5) is 38.8. The second-order valence-electron chi connectivity index (χ2n) is 7.34. The van der Waals surface area contributed by atoms with Crippen molar-refractivity contribution < 1.29 is 19.1 Å². The number of halogens is 2. The van der Waals surface area contributed by atoms with Gasteiger partial charge in [0.2, 0.25) is 0 Å². The third-order valence-corrected chi connectivity index (χ3v) is 6.82. The van der Waals surface area contributed by atoms with Gasteiger partial charge in [-0.05, 0) is 63.1 Å². The molecule has 0 unspecified atom stereocenters. The van der Waals surface area contributed by atoms with Crippen LogP contribution in [0.25, 0.3) is 0 Å². The second kappa shape index (κ2) is 10.4. The molecule has 0 bridgehead atoms. The van der Waals surface area contributed by atoms with Crippen LogP contribution >= 0.6 is 34.5 Å². The first kappa shape index (κ1) is 24.8. The van der Waals surface area contributed by atoms with Gasteiger partial charge in [-0.1, -0.05) is 40.9 Å². The summed E-state index contributed by atoms with van der Waals surface area (Å²) in [7, 11) is 0. The van der Waals surface area contributed by atoms with Gasteiger partial charge in [-0.25, -0.2) is 4.79 Å². The zero-order valence-corrected chi connectivity index (χ0v) is 20.8. The lowest BCUT2D eigenvalue weighted by Crippen LogP contribution is -2.15. The molecule has 1 heterocycles. The highest BCUT2D eigenvalue weighted by Gasteiger charge is 2.27. The van der Waals surface area contributed by atoms with Crippen LogP contribution in [0.1, 0.15) is 54.0 Å². The maximum absolute atomic E-state index is 13.1. The van der Waals surface area contributed by atoms with Gasteiger partial charge in [-0.3, -0.25) is 9.59 Å². The zero-order chi connectivity index (χ0) is 24.3. The van der Waals surface area contributed by atoms with Crippen molar-refractivity contribution >= 4 is 63.0 Å². The topological polar surface area (TPSA) is 84.5 Å². The Morgan fingerprint density at radius 1 is 0.939 bits per heavy atom. The van der Waals surface area contributed by atoms with Gasteiger partial charge in [0.05, 0.1) is 27.1 Å². The van der Waals surface area contributed by atoms with Crippen LogP contribution in [-0.4, -0.2) is 24.4 Å². The molecular formula is C24H22Cl2N2O4S. The molecule has 172 valence electrons. The van der Waals surface area contributed by atoms with E-state index in [9.17, 15) is 14.4 Å². The molecule has 3 rings (SSSR count). The zero-order valence-electron chi connectivity index (χ0n) is 18.5. The lowest BCUT2D eigenvalue weighted by atomic mass is 10.1. The van der Waals surface area contributed by atoms with E-state index in [1.54, 1.807) is 13.8 Å². The Labute approximate surface area is 205 Å². The van der Waals surface area contributed by atoms with Crippen molar-refractivity contribution in [3.8, 4) is 0 Å². The van der Waals surface area contributed by atoms with Crippen LogP contribution in [0, 0.1) is 20.8 Å². The molecule has 3 aromatic rings. The summed E-state index contributed by atoms with van der Waals surface area (Å²) in [6.45, 7) is 7.35. The third-order valence-electron chi connectivity index (χ3n) is 4.87. The van der Waals surface area contributed by atoms with Crippen LogP contribution in [0.2, 0.25) is 10.0 Å². The number of thiophene rings is 1. The van der Waals surface area contributed by atoms with Crippen molar-refractivity contribution in [1.29, 1.82) is 0 Å². The fourth-order valence-corrected chi connectivity index (χ4v) is 4.60. The summed E-state index contributed by atoms with van der Waals surface area (Å²) in [5.41, 5.74) is 3.47. The van der Waals surface area contributed by atoms with Gasteiger partial charge in [-0.2, -0.15) is 0 Å². The highest BCUT2D eigenvalue weighted by molar-refractivity contribution is 7.19. The van der Waals surface area contributed by atoms with Gasteiger partial charge in [0.25, 0.3) is 11.8 Å². The molecular weight excluding hydrogens is 483 g/mol. The first-order valence-electron chi connectivity index (χ1n) is 10.1. The number of hydrogen-bond acceptors (Lipinski definition) is 5. The van der Waals surface area contributed by atoms with E-state index in [0.717, 1.165) is 22.5 Å².